The van der Waals surface area contributed by atoms with Crippen LogP contribution >= 0.6 is 0 Å². The zero-order valence-electron chi connectivity index (χ0n) is 15.4. The van der Waals surface area contributed by atoms with Crippen LogP contribution in [-0.4, -0.2) is 35.7 Å². The van der Waals surface area contributed by atoms with Gasteiger partial charge >= 0.3 is 0 Å². The Labute approximate surface area is 164 Å². The van der Waals surface area contributed by atoms with E-state index in [1.165, 1.54) is 37.4 Å². The largest absolute Gasteiger partial charge is 0.456 e. The molecule has 0 amide bonds. The van der Waals surface area contributed by atoms with E-state index in [0.29, 0.717) is 11.1 Å². The average Bonchev–Trinajstić information content (AvgIpc) is 2.72. The van der Waals surface area contributed by atoms with Crippen molar-refractivity contribution in [1.29, 1.82) is 5.26 Å². The van der Waals surface area contributed by atoms with E-state index in [1.54, 1.807) is 0 Å². The Morgan fingerprint density at radius 1 is 1.38 bits per heavy atom. The zero-order chi connectivity index (χ0) is 21.2. The van der Waals surface area contributed by atoms with Crippen LogP contribution in [0.15, 0.2) is 41.5 Å². The summed E-state index contributed by atoms with van der Waals surface area (Å²) in [6, 6.07) is 8.12. The van der Waals surface area contributed by atoms with E-state index in [4.69, 9.17) is 15.7 Å². The number of halogens is 3. The van der Waals surface area contributed by atoms with E-state index in [-0.39, 0.29) is 23.5 Å². The van der Waals surface area contributed by atoms with E-state index in [9.17, 15) is 18.0 Å². The molecule has 3 rings (SSSR count). The molecule has 0 radical (unpaired) electrons. The van der Waals surface area contributed by atoms with Crippen molar-refractivity contribution in [2.24, 2.45) is 10.7 Å². The molecule has 1 aliphatic rings. The molecule has 0 unspecified atom stereocenters. The maximum absolute atomic E-state index is 14.9. The van der Waals surface area contributed by atoms with Crippen LogP contribution in [0.3, 0.4) is 0 Å². The second-order valence-corrected chi connectivity index (χ2v) is 6.77. The van der Waals surface area contributed by atoms with E-state index in [2.05, 4.69) is 9.98 Å². The first-order valence-corrected chi connectivity index (χ1v) is 8.68. The molecule has 9 heteroatoms. The van der Waals surface area contributed by atoms with Crippen LogP contribution in [0.1, 0.15) is 34.1 Å². The normalized spacial score (nSPS) is 23.6. The summed E-state index contributed by atoms with van der Waals surface area (Å²) in [6.07, 6.45) is -2.36. The molecule has 0 spiro atoms. The maximum Gasteiger partial charge on any atom is 0.283 e. The third-order valence-corrected chi connectivity index (χ3v) is 4.75. The highest BCUT2D eigenvalue weighted by molar-refractivity contribution is 5.95. The Bertz CT molecular complexity index is 1000. The van der Waals surface area contributed by atoms with Gasteiger partial charge in [0, 0.05) is 18.2 Å². The number of hydrogen-bond donors (Lipinski definition) is 1. The summed E-state index contributed by atoms with van der Waals surface area (Å²) in [5.74, 6) is -1.13. The van der Waals surface area contributed by atoms with Gasteiger partial charge in [0.05, 0.1) is 5.56 Å². The summed E-state index contributed by atoms with van der Waals surface area (Å²) in [4.78, 5) is 20.3. The number of nitrogens with two attached hydrogens (primary N) is 1. The molecule has 1 aliphatic heterocycles. The van der Waals surface area contributed by atoms with Crippen molar-refractivity contribution in [3.05, 3.63) is 64.7 Å². The summed E-state index contributed by atoms with van der Waals surface area (Å²) in [7, 11) is 0. The first kappa shape index (κ1) is 20.3. The molecule has 0 saturated heterocycles. The van der Waals surface area contributed by atoms with Crippen LogP contribution in [0.5, 0.6) is 0 Å². The third-order valence-electron chi connectivity index (χ3n) is 4.75. The second-order valence-electron chi connectivity index (χ2n) is 6.77. The number of rotatable bonds is 5. The van der Waals surface area contributed by atoms with Crippen LogP contribution in [0.2, 0.25) is 0 Å². The number of nitrogens with zero attached hydrogens (tertiary/aromatic N) is 3. The Kier molecular flexibility index (Phi) is 5.55. The van der Waals surface area contributed by atoms with Gasteiger partial charge in [-0.2, -0.15) is 5.26 Å². The molecule has 0 bridgehead atoms. The number of ether oxygens (including phenoxy) is 1. The van der Waals surface area contributed by atoms with Gasteiger partial charge in [-0.3, -0.25) is 9.78 Å². The molecule has 0 fully saturated rings. The van der Waals surface area contributed by atoms with Gasteiger partial charge in [0.15, 0.2) is 18.1 Å². The van der Waals surface area contributed by atoms with Crippen molar-refractivity contribution in [3.63, 3.8) is 0 Å². The van der Waals surface area contributed by atoms with Crippen LogP contribution in [0.4, 0.5) is 13.2 Å². The summed E-state index contributed by atoms with van der Waals surface area (Å²) in [6.45, 7) is 0.138. The predicted molar refractivity (Wildman–Crippen MR) is 98.1 cm³/mol. The lowest BCUT2D eigenvalue weighted by Crippen LogP contribution is -2.50. The number of ketones is 1. The lowest BCUT2D eigenvalue weighted by Gasteiger charge is -2.37. The van der Waals surface area contributed by atoms with Gasteiger partial charge in [-0.05, 0) is 36.8 Å². The van der Waals surface area contributed by atoms with Crippen molar-refractivity contribution >= 4 is 11.8 Å². The van der Waals surface area contributed by atoms with E-state index < -0.39 is 36.3 Å². The standard InChI is InChI=1S/C20H17F3N4O2/c1-20(18(23)17(8-21)29-19(25)27-20)13-6-11(2-4-14(13)22)7-16(28)15-5-3-12(9-24)10-26-15/h2-6,10,17-18H,7-8H2,1H3,(H2,25,27)/t17-,18+,20-/m1/s1. The van der Waals surface area contributed by atoms with Crippen LogP contribution in [0.25, 0.3) is 0 Å². The highest BCUT2D eigenvalue weighted by atomic mass is 19.1. The maximum atomic E-state index is 14.9. The molecule has 2 aromatic rings. The summed E-state index contributed by atoms with van der Waals surface area (Å²) in [5, 5.41) is 8.79. The lowest BCUT2D eigenvalue weighted by atomic mass is 9.83. The fourth-order valence-electron chi connectivity index (χ4n) is 3.18. The van der Waals surface area contributed by atoms with Crippen LogP contribution in [-0.2, 0) is 16.7 Å². The molecule has 2 N–H and O–H groups in total. The van der Waals surface area contributed by atoms with Crippen molar-refractivity contribution in [3.8, 4) is 6.07 Å². The molecule has 150 valence electrons. The van der Waals surface area contributed by atoms with Crippen molar-refractivity contribution in [2.45, 2.75) is 31.2 Å². The number of amidine groups is 1. The van der Waals surface area contributed by atoms with Gasteiger partial charge < -0.3 is 10.5 Å². The molecule has 0 saturated carbocycles. The Morgan fingerprint density at radius 2 is 2.14 bits per heavy atom. The highest BCUT2D eigenvalue weighted by Gasteiger charge is 2.48. The minimum absolute atomic E-state index is 0.135. The first-order valence-electron chi connectivity index (χ1n) is 8.68. The number of hydrogen-bond acceptors (Lipinski definition) is 6. The summed E-state index contributed by atoms with van der Waals surface area (Å²) >= 11 is 0. The molecular weight excluding hydrogens is 385 g/mol. The van der Waals surface area contributed by atoms with E-state index in [1.807, 2.05) is 6.07 Å². The minimum atomic E-state index is -1.99. The summed E-state index contributed by atoms with van der Waals surface area (Å²) < 4.78 is 47.4. The highest BCUT2D eigenvalue weighted by Crippen LogP contribution is 2.38. The second kappa shape index (κ2) is 7.91. The molecular formula is C20H17F3N4O2. The molecule has 6 nitrogen and oxygen atoms in total. The molecule has 3 atom stereocenters. The number of benzene rings is 1. The Morgan fingerprint density at radius 3 is 2.76 bits per heavy atom. The van der Waals surface area contributed by atoms with Gasteiger partial charge in [0.2, 0.25) is 0 Å². The fraction of sp³-hybridized carbons (Fsp3) is 0.300. The van der Waals surface area contributed by atoms with Crippen molar-refractivity contribution in [1.82, 2.24) is 4.98 Å². The smallest absolute Gasteiger partial charge is 0.283 e. The number of alkyl halides is 2. The fourth-order valence-corrected chi connectivity index (χ4v) is 3.18. The Hall–Kier alpha value is -3.41. The monoisotopic (exact) mass is 402 g/mol. The number of pyridine rings is 1. The minimum Gasteiger partial charge on any atom is -0.456 e. The lowest BCUT2D eigenvalue weighted by molar-refractivity contribution is 0.00449. The van der Waals surface area contributed by atoms with Crippen molar-refractivity contribution < 1.29 is 22.7 Å². The number of aromatic nitrogens is 1. The Balaban J connectivity index is 1.92. The third kappa shape index (κ3) is 3.92. The predicted octanol–water partition coefficient (Wildman–Crippen LogP) is 2.75. The van der Waals surface area contributed by atoms with Crippen molar-refractivity contribution in [2.75, 3.05) is 6.67 Å². The van der Waals surface area contributed by atoms with Crippen LogP contribution < -0.4 is 5.73 Å². The first-order chi connectivity index (χ1) is 13.8. The van der Waals surface area contributed by atoms with Gasteiger partial charge in [0.25, 0.3) is 6.02 Å². The van der Waals surface area contributed by atoms with Gasteiger partial charge in [-0.25, -0.2) is 18.2 Å². The number of aliphatic imine (C=N–C) groups is 1. The molecule has 1 aromatic heterocycles. The van der Waals surface area contributed by atoms with E-state index >= 15 is 0 Å². The number of nitriles is 1. The zero-order valence-corrected chi connectivity index (χ0v) is 15.4. The molecule has 29 heavy (non-hydrogen) atoms. The SMILES string of the molecule is C[C@]1(c2cc(CC(=O)c3ccc(C#N)cn3)ccc2F)N=C(N)O[C@H](CF)[C@@H]1F. The van der Waals surface area contributed by atoms with Gasteiger partial charge in [-0.15, -0.1) is 0 Å². The number of carbonyl (C=O) groups is 1. The van der Waals surface area contributed by atoms with Gasteiger partial charge in [0.1, 0.15) is 29.8 Å². The average molecular weight is 402 g/mol. The molecule has 1 aromatic carbocycles. The molecule has 2 heterocycles. The molecule has 0 aliphatic carbocycles. The quantitative estimate of drug-likeness (QED) is 0.775. The van der Waals surface area contributed by atoms with Crippen LogP contribution in [0, 0.1) is 17.1 Å². The van der Waals surface area contributed by atoms with Gasteiger partial charge in [-0.1, -0.05) is 6.07 Å². The number of Topliss-reactive ketones (excluding diaryl/α,β-unsaturated/α-hetero) is 1. The number of carbonyl (C=O) groups excluding carboxylic acids is 1. The van der Waals surface area contributed by atoms with E-state index in [0.717, 1.165) is 6.07 Å². The topological polar surface area (TPSA) is 101 Å². The summed E-state index contributed by atoms with van der Waals surface area (Å²) in [5.41, 5.74) is 4.40.